The number of morpholine rings is 1. The Morgan fingerprint density at radius 1 is 0.895 bits per heavy atom. The summed E-state index contributed by atoms with van der Waals surface area (Å²) in [5.74, 6) is 0.647. The van der Waals surface area contributed by atoms with Crippen LogP contribution in [-0.2, 0) is 33.8 Å². The lowest BCUT2D eigenvalue weighted by Crippen LogP contribution is -2.47. The number of aryl methyl sites for hydroxylation is 1. The summed E-state index contributed by atoms with van der Waals surface area (Å²) < 4.78 is 10.7. The molecule has 7 nitrogen and oxygen atoms in total. The highest BCUT2D eigenvalue weighted by Crippen LogP contribution is 2.19. The molecule has 1 aliphatic heterocycles. The van der Waals surface area contributed by atoms with Crippen LogP contribution >= 0.6 is 11.3 Å². The van der Waals surface area contributed by atoms with Gasteiger partial charge in [0, 0.05) is 42.5 Å². The summed E-state index contributed by atoms with van der Waals surface area (Å²) in [7, 11) is 1.62. The summed E-state index contributed by atoms with van der Waals surface area (Å²) >= 11 is 1.70. The van der Waals surface area contributed by atoms with Crippen molar-refractivity contribution in [3.8, 4) is 5.75 Å². The Morgan fingerprint density at radius 3 is 2.29 bits per heavy atom. The molecule has 8 heteroatoms. The van der Waals surface area contributed by atoms with E-state index in [2.05, 4.69) is 24.0 Å². The smallest absolute Gasteiger partial charge is 0.242 e. The third kappa shape index (κ3) is 8.41. The van der Waals surface area contributed by atoms with Gasteiger partial charge in [0.05, 0.1) is 39.8 Å². The van der Waals surface area contributed by atoms with Crippen molar-refractivity contribution in [1.29, 1.82) is 0 Å². The molecule has 0 radical (unpaired) electrons. The molecular formula is C30H37N3O4S. The van der Waals surface area contributed by atoms with E-state index < -0.39 is 0 Å². The number of thiophene rings is 1. The molecule has 202 valence electrons. The van der Waals surface area contributed by atoms with Crippen molar-refractivity contribution < 1.29 is 19.1 Å². The fraction of sp³-hybridized carbons (Fsp3) is 0.400. The number of hydrogen-bond acceptors (Lipinski definition) is 6. The second-order valence-electron chi connectivity index (χ2n) is 9.54. The Hall–Kier alpha value is -3.20. The van der Waals surface area contributed by atoms with Crippen LogP contribution in [0.1, 0.15) is 20.9 Å². The molecule has 0 spiro atoms. The highest BCUT2D eigenvalue weighted by molar-refractivity contribution is 7.11. The van der Waals surface area contributed by atoms with E-state index in [1.807, 2.05) is 59.5 Å². The summed E-state index contributed by atoms with van der Waals surface area (Å²) in [6.45, 7) is 7.44. The maximum absolute atomic E-state index is 13.7. The number of benzene rings is 2. The number of carbonyl (C=O) groups excluding carboxylic acids is 2. The van der Waals surface area contributed by atoms with Gasteiger partial charge in [0.1, 0.15) is 5.75 Å². The van der Waals surface area contributed by atoms with E-state index in [1.165, 1.54) is 4.88 Å². The molecule has 38 heavy (non-hydrogen) atoms. The van der Waals surface area contributed by atoms with E-state index >= 15 is 0 Å². The predicted octanol–water partition coefficient (Wildman–Crippen LogP) is 4.00. The van der Waals surface area contributed by atoms with Crippen LogP contribution in [0, 0.1) is 6.92 Å². The minimum Gasteiger partial charge on any atom is -0.497 e. The normalized spacial score (nSPS) is 13.7. The van der Waals surface area contributed by atoms with E-state index in [0.717, 1.165) is 34.8 Å². The van der Waals surface area contributed by atoms with Crippen LogP contribution in [-0.4, -0.2) is 79.6 Å². The fourth-order valence-corrected chi connectivity index (χ4v) is 5.37. The van der Waals surface area contributed by atoms with Crippen molar-refractivity contribution in [2.45, 2.75) is 26.4 Å². The number of nitrogens with zero attached hydrogens (tertiary/aromatic N) is 3. The summed E-state index contributed by atoms with van der Waals surface area (Å²) in [4.78, 5) is 35.5. The van der Waals surface area contributed by atoms with Gasteiger partial charge in [-0.2, -0.15) is 0 Å². The molecule has 0 bridgehead atoms. The molecule has 1 fully saturated rings. The minimum absolute atomic E-state index is 0.0510. The fourth-order valence-electron chi connectivity index (χ4n) is 4.47. The van der Waals surface area contributed by atoms with Crippen LogP contribution in [0.2, 0.25) is 0 Å². The first-order valence-corrected chi connectivity index (χ1v) is 13.9. The molecule has 3 aromatic rings. The van der Waals surface area contributed by atoms with E-state index in [-0.39, 0.29) is 24.8 Å². The van der Waals surface area contributed by atoms with Crippen molar-refractivity contribution in [2.75, 3.05) is 53.0 Å². The lowest BCUT2D eigenvalue weighted by molar-refractivity contribution is -0.141. The second kappa shape index (κ2) is 14.1. The Labute approximate surface area is 229 Å². The van der Waals surface area contributed by atoms with Gasteiger partial charge in [-0.1, -0.05) is 42.5 Å². The molecule has 2 aromatic carbocycles. The Balaban J connectivity index is 1.48. The SMILES string of the molecule is COc1ccc(CC(=O)N(CCN2CCOCC2)CC(=O)N(Cc2ccccc2)Cc2ccc(C)s2)cc1. The first kappa shape index (κ1) is 27.8. The monoisotopic (exact) mass is 535 g/mol. The Kier molecular flexibility index (Phi) is 10.3. The molecule has 2 amide bonds. The maximum Gasteiger partial charge on any atom is 0.242 e. The van der Waals surface area contributed by atoms with E-state index in [9.17, 15) is 9.59 Å². The number of carbonyl (C=O) groups is 2. The van der Waals surface area contributed by atoms with Crippen LogP contribution < -0.4 is 4.74 Å². The molecule has 1 aliphatic rings. The highest BCUT2D eigenvalue weighted by atomic mass is 32.1. The first-order valence-electron chi connectivity index (χ1n) is 13.1. The zero-order chi connectivity index (χ0) is 26.7. The van der Waals surface area contributed by atoms with Crippen LogP contribution in [0.15, 0.2) is 66.7 Å². The number of ether oxygens (including phenoxy) is 2. The van der Waals surface area contributed by atoms with E-state index in [0.29, 0.717) is 39.4 Å². The molecule has 4 rings (SSSR count). The molecule has 0 saturated carbocycles. The average molecular weight is 536 g/mol. The van der Waals surface area contributed by atoms with Crippen molar-refractivity contribution in [2.24, 2.45) is 0 Å². The van der Waals surface area contributed by atoms with Crippen LogP contribution in [0.5, 0.6) is 5.75 Å². The Bertz CT molecular complexity index is 1160. The molecular weight excluding hydrogens is 498 g/mol. The largest absolute Gasteiger partial charge is 0.497 e. The summed E-state index contributed by atoms with van der Waals surface area (Å²) in [6.07, 6.45) is 0.239. The van der Waals surface area contributed by atoms with Gasteiger partial charge >= 0.3 is 0 Å². The zero-order valence-corrected chi connectivity index (χ0v) is 23.1. The quantitative estimate of drug-likeness (QED) is 0.351. The molecule has 1 saturated heterocycles. The van der Waals surface area contributed by atoms with E-state index in [4.69, 9.17) is 9.47 Å². The van der Waals surface area contributed by atoms with Gasteiger partial charge < -0.3 is 19.3 Å². The standard InChI is InChI=1S/C30H37N3O4S/c1-24-8-13-28(38-24)22-33(21-26-6-4-3-5-7-26)30(35)23-32(15-14-31-16-18-37-19-17-31)29(34)20-25-9-11-27(36-2)12-10-25/h3-13H,14-23H2,1-2H3. The van der Waals surface area contributed by atoms with Gasteiger partial charge in [0.2, 0.25) is 11.8 Å². The number of hydrogen-bond donors (Lipinski definition) is 0. The molecule has 2 heterocycles. The van der Waals surface area contributed by atoms with Crippen molar-refractivity contribution in [3.05, 3.63) is 87.6 Å². The minimum atomic E-state index is -0.0524. The molecule has 0 atom stereocenters. The summed E-state index contributed by atoms with van der Waals surface area (Å²) in [6, 6.07) is 21.7. The van der Waals surface area contributed by atoms with Gasteiger partial charge in [0.15, 0.2) is 0 Å². The average Bonchev–Trinajstić information content (AvgIpc) is 3.36. The van der Waals surface area contributed by atoms with E-state index in [1.54, 1.807) is 23.3 Å². The molecule has 0 aliphatic carbocycles. The van der Waals surface area contributed by atoms with Gasteiger partial charge in [-0.3, -0.25) is 14.5 Å². The zero-order valence-electron chi connectivity index (χ0n) is 22.3. The van der Waals surface area contributed by atoms with Crippen LogP contribution in [0.4, 0.5) is 0 Å². The topological polar surface area (TPSA) is 62.3 Å². The highest BCUT2D eigenvalue weighted by Gasteiger charge is 2.23. The summed E-state index contributed by atoms with van der Waals surface area (Å²) in [5, 5.41) is 0. The molecule has 0 N–H and O–H groups in total. The maximum atomic E-state index is 13.7. The van der Waals surface area contributed by atoms with Gasteiger partial charge in [-0.15, -0.1) is 11.3 Å². The third-order valence-corrected chi connectivity index (χ3v) is 7.68. The van der Waals surface area contributed by atoms with Crippen LogP contribution in [0.3, 0.4) is 0 Å². The van der Waals surface area contributed by atoms with Gasteiger partial charge in [-0.05, 0) is 42.3 Å². The van der Waals surface area contributed by atoms with Gasteiger partial charge in [-0.25, -0.2) is 0 Å². The second-order valence-corrected chi connectivity index (χ2v) is 10.9. The van der Waals surface area contributed by atoms with Crippen molar-refractivity contribution in [1.82, 2.24) is 14.7 Å². The number of amides is 2. The van der Waals surface area contributed by atoms with Crippen molar-refractivity contribution >= 4 is 23.2 Å². The molecule has 0 unspecified atom stereocenters. The number of methoxy groups -OCH3 is 1. The lowest BCUT2D eigenvalue weighted by Gasteiger charge is -2.31. The van der Waals surface area contributed by atoms with Crippen LogP contribution in [0.25, 0.3) is 0 Å². The molecule has 1 aromatic heterocycles. The van der Waals surface area contributed by atoms with Crippen molar-refractivity contribution in [3.63, 3.8) is 0 Å². The predicted molar refractivity (Wildman–Crippen MR) is 150 cm³/mol. The lowest BCUT2D eigenvalue weighted by atomic mass is 10.1. The first-order chi connectivity index (χ1) is 18.5. The number of rotatable bonds is 12. The Morgan fingerprint density at radius 2 is 1.63 bits per heavy atom. The third-order valence-electron chi connectivity index (χ3n) is 6.69. The summed E-state index contributed by atoms with van der Waals surface area (Å²) in [5.41, 5.74) is 1.97. The van der Waals surface area contributed by atoms with Gasteiger partial charge in [0.25, 0.3) is 0 Å².